The van der Waals surface area contributed by atoms with Crippen LogP contribution >= 0.6 is 23.1 Å². The van der Waals surface area contributed by atoms with Crippen LogP contribution in [0.1, 0.15) is 42.1 Å². The van der Waals surface area contributed by atoms with Gasteiger partial charge >= 0.3 is 0 Å². The Bertz CT molecular complexity index is 449. The molecule has 4 heteroatoms. The molecule has 0 saturated carbocycles. The molecule has 1 N–H and O–H groups in total. The molecule has 1 aliphatic rings. The highest BCUT2D eigenvalue weighted by molar-refractivity contribution is 8.14. The van der Waals surface area contributed by atoms with Gasteiger partial charge < -0.3 is 5.32 Å². The molecule has 1 aromatic rings. The molecule has 1 aliphatic heterocycles. The monoisotopic (exact) mass is 282 g/mol. The maximum atomic E-state index is 4.61. The van der Waals surface area contributed by atoms with Gasteiger partial charge in [-0.3, -0.25) is 4.99 Å². The molecule has 100 valence electrons. The molecule has 2 nitrogen and oxygen atoms in total. The second-order valence-corrected chi connectivity index (χ2v) is 7.97. The number of hydrogen-bond acceptors (Lipinski definition) is 4. The van der Waals surface area contributed by atoms with Crippen LogP contribution in [0, 0.1) is 19.8 Å². The number of rotatable bonds is 3. The molecular weight excluding hydrogens is 260 g/mol. The van der Waals surface area contributed by atoms with Crippen molar-refractivity contribution < 1.29 is 0 Å². The Morgan fingerprint density at radius 2 is 2.06 bits per heavy atom. The average molecular weight is 282 g/mol. The largest absolute Gasteiger partial charge is 0.358 e. The third-order valence-electron chi connectivity index (χ3n) is 3.31. The van der Waals surface area contributed by atoms with Crippen molar-refractivity contribution >= 4 is 28.3 Å². The topological polar surface area (TPSA) is 24.4 Å². The zero-order valence-corrected chi connectivity index (χ0v) is 13.4. The van der Waals surface area contributed by atoms with Crippen LogP contribution in [0.15, 0.2) is 11.1 Å². The first kappa shape index (κ1) is 13.9. The Hall–Kier alpha value is -0.480. The van der Waals surface area contributed by atoms with E-state index in [-0.39, 0.29) is 0 Å². The fourth-order valence-electron chi connectivity index (χ4n) is 2.16. The van der Waals surface area contributed by atoms with Gasteiger partial charge in [-0.2, -0.15) is 0 Å². The number of aryl methyl sites for hydroxylation is 2. The van der Waals surface area contributed by atoms with Crippen molar-refractivity contribution in [3.8, 4) is 0 Å². The Balaban J connectivity index is 1.97. The van der Waals surface area contributed by atoms with Crippen molar-refractivity contribution in [2.75, 3.05) is 6.54 Å². The minimum Gasteiger partial charge on any atom is -0.358 e. The maximum Gasteiger partial charge on any atom is 0.157 e. The summed E-state index contributed by atoms with van der Waals surface area (Å²) in [5.74, 6) is 0.693. The van der Waals surface area contributed by atoms with Crippen molar-refractivity contribution in [1.82, 2.24) is 5.32 Å². The Morgan fingerprint density at radius 1 is 1.33 bits per heavy atom. The molecule has 0 bridgehead atoms. The first-order valence-electron chi connectivity index (χ1n) is 6.52. The van der Waals surface area contributed by atoms with Gasteiger partial charge in [0.2, 0.25) is 0 Å². The van der Waals surface area contributed by atoms with Gasteiger partial charge in [-0.05, 0) is 38.3 Å². The molecular formula is C14H22N2S2. The molecule has 2 atom stereocenters. The number of hydrogen-bond donors (Lipinski definition) is 1. The van der Waals surface area contributed by atoms with E-state index in [0.29, 0.717) is 17.2 Å². The van der Waals surface area contributed by atoms with E-state index < -0.39 is 0 Å². The Kier molecular flexibility index (Phi) is 4.38. The SMILES string of the molecule is Cc1cc(C(C)NC2=NCC(C(C)C)S2)c(C)s1. The number of aliphatic imine (C=N–C) groups is 1. The summed E-state index contributed by atoms with van der Waals surface area (Å²) in [5, 5.41) is 5.31. The first-order valence-corrected chi connectivity index (χ1v) is 8.21. The van der Waals surface area contributed by atoms with Crippen LogP contribution in [0.5, 0.6) is 0 Å². The average Bonchev–Trinajstić information content (AvgIpc) is 2.85. The van der Waals surface area contributed by atoms with Gasteiger partial charge in [0.15, 0.2) is 5.17 Å². The van der Waals surface area contributed by atoms with E-state index in [1.807, 2.05) is 23.1 Å². The van der Waals surface area contributed by atoms with Crippen LogP contribution in [0.4, 0.5) is 0 Å². The Morgan fingerprint density at radius 3 is 2.56 bits per heavy atom. The highest BCUT2D eigenvalue weighted by atomic mass is 32.2. The summed E-state index contributed by atoms with van der Waals surface area (Å²) in [7, 11) is 0. The second-order valence-electron chi connectivity index (χ2n) is 5.28. The highest BCUT2D eigenvalue weighted by Crippen LogP contribution is 2.30. The third kappa shape index (κ3) is 3.09. The van der Waals surface area contributed by atoms with Crippen molar-refractivity contribution in [2.45, 2.75) is 45.9 Å². The number of thioether (sulfide) groups is 1. The molecule has 0 spiro atoms. The number of nitrogens with one attached hydrogen (secondary N) is 1. The molecule has 0 aliphatic carbocycles. The van der Waals surface area contributed by atoms with Crippen molar-refractivity contribution in [1.29, 1.82) is 0 Å². The molecule has 0 saturated heterocycles. The van der Waals surface area contributed by atoms with Gasteiger partial charge in [-0.1, -0.05) is 25.6 Å². The van der Waals surface area contributed by atoms with Crippen molar-refractivity contribution in [2.24, 2.45) is 10.9 Å². The van der Waals surface area contributed by atoms with Crippen LogP contribution in [-0.4, -0.2) is 17.0 Å². The van der Waals surface area contributed by atoms with Gasteiger partial charge in [0.25, 0.3) is 0 Å². The van der Waals surface area contributed by atoms with E-state index in [9.17, 15) is 0 Å². The van der Waals surface area contributed by atoms with E-state index >= 15 is 0 Å². The van der Waals surface area contributed by atoms with Crippen LogP contribution in [-0.2, 0) is 0 Å². The summed E-state index contributed by atoms with van der Waals surface area (Å²) in [6.07, 6.45) is 0. The normalized spacial score (nSPS) is 21.2. The minimum atomic E-state index is 0.354. The number of thiophene rings is 1. The molecule has 0 fully saturated rings. The molecule has 1 aromatic heterocycles. The van der Waals surface area contributed by atoms with E-state index in [2.05, 4.69) is 51.0 Å². The molecule has 0 amide bonds. The quantitative estimate of drug-likeness (QED) is 0.901. The predicted octanol–water partition coefficient (Wildman–Crippen LogP) is 4.14. The smallest absolute Gasteiger partial charge is 0.157 e. The fourth-order valence-corrected chi connectivity index (χ4v) is 4.29. The van der Waals surface area contributed by atoms with Crippen molar-refractivity contribution in [3.63, 3.8) is 0 Å². The molecule has 0 radical (unpaired) electrons. The summed E-state index contributed by atoms with van der Waals surface area (Å²) in [4.78, 5) is 7.41. The van der Waals surface area contributed by atoms with Crippen LogP contribution in [0.25, 0.3) is 0 Å². The van der Waals surface area contributed by atoms with Gasteiger partial charge in [0, 0.05) is 15.0 Å². The van der Waals surface area contributed by atoms with Gasteiger partial charge in [0.05, 0.1) is 12.6 Å². The lowest BCUT2D eigenvalue weighted by Crippen LogP contribution is -2.24. The van der Waals surface area contributed by atoms with E-state index in [1.165, 1.54) is 15.3 Å². The molecule has 2 unspecified atom stereocenters. The zero-order valence-electron chi connectivity index (χ0n) is 11.8. The summed E-state index contributed by atoms with van der Waals surface area (Å²) >= 11 is 3.77. The van der Waals surface area contributed by atoms with E-state index in [0.717, 1.165) is 11.7 Å². The van der Waals surface area contributed by atoms with Gasteiger partial charge in [-0.15, -0.1) is 11.3 Å². The van der Waals surface area contributed by atoms with Crippen molar-refractivity contribution in [3.05, 3.63) is 21.4 Å². The number of amidine groups is 1. The molecule has 18 heavy (non-hydrogen) atoms. The van der Waals surface area contributed by atoms with Gasteiger partial charge in [0.1, 0.15) is 0 Å². The molecule has 2 heterocycles. The lowest BCUT2D eigenvalue weighted by Gasteiger charge is -2.16. The second kappa shape index (κ2) is 5.66. The third-order valence-corrected chi connectivity index (χ3v) is 5.76. The van der Waals surface area contributed by atoms with E-state index in [4.69, 9.17) is 0 Å². The fraction of sp³-hybridized carbons (Fsp3) is 0.643. The lowest BCUT2D eigenvalue weighted by molar-refractivity contribution is 0.621. The first-order chi connectivity index (χ1) is 8.47. The number of nitrogens with zero attached hydrogens (tertiary/aromatic N) is 1. The summed E-state index contributed by atoms with van der Waals surface area (Å²) < 4.78 is 0. The lowest BCUT2D eigenvalue weighted by atomic mass is 10.1. The Labute approximate surface area is 118 Å². The summed E-state index contributed by atoms with van der Waals surface area (Å²) in [5.41, 5.74) is 1.41. The van der Waals surface area contributed by atoms with Crippen LogP contribution < -0.4 is 5.32 Å². The highest BCUT2D eigenvalue weighted by Gasteiger charge is 2.24. The zero-order chi connectivity index (χ0) is 13.3. The van der Waals surface area contributed by atoms with Gasteiger partial charge in [-0.25, -0.2) is 0 Å². The summed E-state index contributed by atoms with van der Waals surface area (Å²) in [6, 6.07) is 2.64. The molecule has 2 rings (SSSR count). The van der Waals surface area contributed by atoms with E-state index in [1.54, 1.807) is 0 Å². The summed E-state index contributed by atoms with van der Waals surface area (Å²) in [6.45, 7) is 12.1. The van der Waals surface area contributed by atoms with Crippen LogP contribution in [0.2, 0.25) is 0 Å². The molecule has 0 aromatic carbocycles. The standard InChI is InChI=1S/C14H22N2S2/c1-8(2)13-7-15-14(18-13)16-10(4)12-6-9(3)17-11(12)5/h6,8,10,13H,7H2,1-5H3,(H,15,16). The predicted molar refractivity (Wildman–Crippen MR) is 83.9 cm³/mol. The maximum absolute atomic E-state index is 4.61. The van der Waals surface area contributed by atoms with Crippen LogP contribution in [0.3, 0.4) is 0 Å². The minimum absolute atomic E-state index is 0.354.